The molecule has 0 saturated carbocycles. The average Bonchev–Trinajstić information content (AvgIpc) is 1.86. The normalized spacial score (nSPS) is 13.5. The predicted molar refractivity (Wildman–Crippen MR) is 48.2 cm³/mol. The second kappa shape index (κ2) is 5.13. The number of hydrogen-bond donors (Lipinski definition) is 2. The monoisotopic (exact) mass is 160 g/mol. The summed E-state index contributed by atoms with van der Waals surface area (Å²) in [5, 5.41) is 3.04. The van der Waals surface area contributed by atoms with Gasteiger partial charge in [0.1, 0.15) is 0 Å². The lowest BCUT2D eigenvalue weighted by atomic mass is 10.0. The first-order valence-corrected chi connectivity index (χ1v) is 4.10. The molecule has 0 radical (unpaired) electrons. The van der Waals surface area contributed by atoms with Crippen molar-refractivity contribution in [3.63, 3.8) is 0 Å². The Balaban J connectivity index is 0. The van der Waals surface area contributed by atoms with Crippen LogP contribution in [0.25, 0.3) is 0 Å². The Labute approximate surface area is 69.8 Å². The van der Waals surface area contributed by atoms with Gasteiger partial charge in [0.05, 0.1) is 6.04 Å². The Morgan fingerprint density at radius 3 is 2.45 bits per heavy atom. The molecule has 3 nitrogen and oxygen atoms in total. The summed E-state index contributed by atoms with van der Waals surface area (Å²) in [6.07, 6.45) is 0.823. The maximum absolute atomic E-state index is 10.8. The summed E-state index contributed by atoms with van der Waals surface area (Å²) in [6, 6.07) is -0.153. The van der Waals surface area contributed by atoms with Gasteiger partial charge >= 0.3 is 0 Å². The van der Waals surface area contributed by atoms with E-state index in [2.05, 4.69) is 19.2 Å². The van der Waals surface area contributed by atoms with Crippen molar-refractivity contribution in [2.24, 2.45) is 11.7 Å². The van der Waals surface area contributed by atoms with Crippen LogP contribution in [0, 0.1) is 5.92 Å². The minimum absolute atomic E-state index is 0. The smallest absolute Gasteiger partial charge is 0.234 e. The van der Waals surface area contributed by atoms with Gasteiger partial charge in [0, 0.05) is 1.43 Å². The highest BCUT2D eigenvalue weighted by Gasteiger charge is 2.14. The Kier molecular flexibility index (Phi) is 4.86. The first kappa shape index (κ1) is 10.4. The van der Waals surface area contributed by atoms with Gasteiger partial charge in [-0.3, -0.25) is 4.79 Å². The summed E-state index contributed by atoms with van der Waals surface area (Å²) in [7, 11) is 0. The molecule has 11 heavy (non-hydrogen) atoms. The zero-order chi connectivity index (χ0) is 8.85. The van der Waals surface area contributed by atoms with Crippen LogP contribution < -0.4 is 11.1 Å². The fourth-order valence-corrected chi connectivity index (χ4v) is 1.02. The lowest BCUT2D eigenvalue weighted by Gasteiger charge is -2.15. The molecule has 0 saturated heterocycles. The highest BCUT2D eigenvalue weighted by molar-refractivity contribution is 5.79. The predicted octanol–water partition coefficient (Wildman–Crippen LogP) is 0.742. The van der Waals surface area contributed by atoms with Crippen molar-refractivity contribution in [1.29, 1.82) is 0 Å². The van der Waals surface area contributed by atoms with Crippen molar-refractivity contribution < 1.29 is 6.22 Å². The molecule has 68 valence electrons. The van der Waals surface area contributed by atoms with E-state index in [1.807, 2.05) is 6.92 Å². The van der Waals surface area contributed by atoms with Crippen LogP contribution in [0.15, 0.2) is 0 Å². The van der Waals surface area contributed by atoms with Gasteiger partial charge in [-0.15, -0.1) is 0 Å². The summed E-state index contributed by atoms with van der Waals surface area (Å²) in [4.78, 5) is 10.8. The fourth-order valence-electron chi connectivity index (χ4n) is 1.02. The molecule has 0 aromatic heterocycles. The SMILES string of the molecule is CCN[C@@H](CC(C)C)C(N)=O.[HH]. The average molecular weight is 160 g/mol. The Bertz CT molecular complexity index is 128. The van der Waals surface area contributed by atoms with Gasteiger partial charge in [0.25, 0.3) is 0 Å². The van der Waals surface area contributed by atoms with E-state index in [1.54, 1.807) is 0 Å². The van der Waals surface area contributed by atoms with Gasteiger partial charge in [-0.25, -0.2) is 0 Å². The number of hydrogen-bond acceptors (Lipinski definition) is 2. The third-order valence-electron chi connectivity index (χ3n) is 1.50. The molecular formula is C8H20N2O. The van der Waals surface area contributed by atoms with E-state index in [-0.39, 0.29) is 13.4 Å². The molecule has 0 bridgehead atoms. The number of likely N-dealkylation sites (N-methyl/N-ethyl adjacent to an activating group) is 1. The molecule has 0 unspecified atom stereocenters. The lowest BCUT2D eigenvalue weighted by molar-refractivity contribution is -0.120. The van der Waals surface area contributed by atoms with Crippen molar-refractivity contribution in [3.05, 3.63) is 0 Å². The van der Waals surface area contributed by atoms with E-state index in [0.29, 0.717) is 5.92 Å². The largest absolute Gasteiger partial charge is 0.368 e. The molecule has 3 N–H and O–H groups in total. The van der Waals surface area contributed by atoms with Gasteiger partial charge < -0.3 is 11.1 Å². The summed E-state index contributed by atoms with van der Waals surface area (Å²) >= 11 is 0. The van der Waals surface area contributed by atoms with Gasteiger partial charge in [0.2, 0.25) is 5.91 Å². The summed E-state index contributed by atoms with van der Waals surface area (Å²) < 4.78 is 0. The molecule has 0 rings (SSSR count). The Morgan fingerprint density at radius 1 is 1.64 bits per heavy atom. The van der Waals surface area contributed by atoms with Crippen LogP contribution in [0.5, 0.6) is 0 Å². The quantitative estimate of drug-likeness (QED) is 0.623. The van der Waals surface area contributed by atoms with Crippen LogP contribution in [0.1, 0.15) is 28.6 Å². The van der Waals surface area contributed by atoms with Gasteiger partial charge in [-0.2, -0.15) is 0 Å². The second-order valence-corrected chi connectivity index (χ2v) is 3.14. The van der Waals surface area contributed by atoms with Gasteiger partial charge in [-0.05, 0) is 18.9 Å². The molecule has 0 aliphatic rings. The van der Waals surface area contributed by atoms with Crippen LogP contribution in [0.2, 0.25) is 0 Å². The minimum Gasteiger partial charge on any atom is -0.368 e. The van der Waals surface area contributed by atoms with E-state index < -0.39 is 0 Å². The van der Waals surface area contributed by atoms with Crippen molar-refractivity contribution in [1.82, 2.24) is 5.32 Å². The summed E-state index contributed by atoms with van der Waals surface area (Å²) in [5.41, 5.74) is 5.17. The molecule has 0 spiro atoms. The van der Waals surface area contributed by atoms with E-state index in [1.165, 1.54) is 0 Å². The summed E-state index contributed by atoms with van der Waals surface area (Å²) in [6.45, 7) is 6.91. The van der Waals surface area contributed by atoms with Crippen LogP contribution in [0.4, 0.5) is 0 Å². The number of carbonyl (C=O) groups excluding carboxylic acids is 1. The van der Waals surface area contributed by atoms with E-state index in [4.69, 9.17) is 5.73 Å². The molecule has 0 aliphatic carbocycles. The molecule has 1 amide bonds. The Morgan fingerprint density at radius 2 is 2.18 bits per heavy atom. The number of primary amides is 1. The molecule has 3 heteroatoms. The minimum atomic E-state index is -0.249. The maximum Gasteiger partial charge on any atom is 0.234 e. The zero-order valence-corrected chi connectivity index (χ0v) is 7.55. The second-order valence-electron chi connectivity index (χ2n) is 3.14. The zero-order valence-electron chi connectivity index (χ0n) is 7.55. The standard InChI is InChI=1S/C8H18N2O.H2/c1-4-10-7(8(9)11)5-6(2)3;/h6-7,10H,4-5H2,1-3H3,(H2,9,11);1H/t7-;/m0./s1. The number of rotatable bonds is 5. The fraction of sp³-hybridized carbons (Fsp3) is 0.875. The van der Waals surface area contributed by atoms with E-state index >= 15 is 0 Å². The van der Waals surface area contributed by atoms with Gasteiger partial charge in [-0.1, -0.05) is 20.8 Å². The Hall–Kier alpha value is -0.570. The highest BCUT2D eigenvalue weighted by atomic mass is 16.1. The van der Waals surface area contributed by atoms with Crippen molar-refractivity contribution >= 4 is 5.91 Å². The lowest BCUT2D eigenvalue weighted by Crippen LogP contribution is -2.41. The topological polar surface area (TPSA) is 55.1 Å². The maximum atomic E-state index is 10.8. The van der Waals surface area contributed by atoms with E-state index in [9.17, 15) is 4.79 Å². The van der Waals surface area contributed by atoms with Crippen molar-refractivity contribution in [3.8, 4) is 0 Å². The van der Waals surface area contributed by atoms with Gasteiger partial charge in [0.15, 0.2) is 0 Å². The first-order valence-electron chi connectivity index (χ1n) is 4.10. The molecule has 0 fully saturated rings. The van der Waals surface area contributed by atoms with Crippen molar-refractivity contribution in [2.75, 3.05) is 6.54 Å². The number of nitrogens with two attached hydrogens (primary N) is 1. The van der Waals surface area contributed by atoms with Crippen LogP contribution in [0.3, 0.4) is 0 Å². The molecule has 0 aliphatic heterocycles. The highest BCUT2D eigenvalue weighted by Crippen LogP contribution is 2.03. The van der Waals surface area contributed by atoms with Crippen LogP contribution in [-0.4, -0.2) is 18.5 Å². The summed E-state index contributed by atoms with van der Waals surface area (Å²) in [5.74, 6) is 0.257. The number of carbonyl (C=O) groups is 1. The molecular weight excluding hydrogens is 140 g/mol. The van der Waals surface area contributed by atoms with Crippen LogP contribution in [-0.2, 0) is 4.79 Å². The third-order valence-corrected chi connectivity index (χ3v) is 1.50. The number of nitrogens with one attached hydrogen (secondary N) is 1. The molecule has 0 aromatic carbocycles. The molecule has 0 aromatic rings. The first-order chi connectivity index (χ1) is 5.07. The van der Waals surface area contributed by atoms with Crippen molar-refractivity contribution in [2.45, 2.75) is 33.2 Å². The number of amides is 1. The molecule has 1 atom stereocenters. The van der Waals surface area contributed by atoms with E-state index in [0.717, 1.165) is 13.0 Å². The molecule has 0 heterocycles. The third kappa shape index (κ3) is 4.79. The van der Waals surface area contributed by atoms with Crippen LogP contribution >= 0.6 is 0 Å².